The highest BCUT2D eigenvalue weighted by Crippen LogP contribution is 2.26. The summed E-state index contributed by atoms with van der Waals surface area (Å²) in [5.41, 5.74) is 3.60. The van der Waals surface area contributed by atoms with E-state index in [2.05, 4.69) is 11.9 Å². The largest absolute Gasteiger partial charge is 0.497 e. The fourth-order valence-electron chi connectivity index (χ4n) is 3.61. The Morgan fingerprint density at radius 3 is 2.46 bits per heavy atom. The number of aromatic nitrogens is 2. The van der Waals surface area contributed by atoms with Crippen LogP contribution in [0.15, 0.2) is 83.3 Å². The monoisotopic (exact) mass is 485 g/mol. The summed E-state index contributed by atoms with van der Waals surface area (Å²) in [5.74, 6) is 1.13. The first-order valence-corrected chi connectivity index (χ1v) is 12.2. The molecule has 0 fully saturated rings. The van der Waals surface area contributed by atoms with Gasteiger partial charge >= 0.3 is 0 Å². The Balaban J connectivity index is 1.80. The summed E-state index contributed by atoms with van der Waals surface area (Å²) >= 11 is 1.47. The van der Waals surface area contributed by atoms with Crippen molar-refractivity contribution in [1.29, 1.82) is 0 Å². The summed E-state index contributed by atoms with van der Waals surface area (Å²) in [5, 5.41) is 3.87. The summed E-state index contributed by atoms with van der Waals surface area (Å²) in [6.45, 7) is 7.60. The number of ether oxygens (including phenoxy) is 1. The summed E-state index contributed by atoms with van der Waals surface area (Å²) in [7, 11) is 1.60. The lowest BCUT2D eigenvalue weighted by Gasteiger charge is -2.14. The number of hydrogen-bond acceptors (Lipinski definition) is 5. The molecular formula is C28H27N3O3S. The standard InChI is InChI=1S/C28H27N3O3S/c1-5-19-6-8-20(9-7-19)17-35-28-30-25-16-21(26(32)29-18(2)3)10-15-24(25)27(33)31(28)22-11-13-23(34-4)14-12-22/h5-16,18H,1,17H2,2-4H3,(H,29,32). The van der Waals surface area contributed by atoms with E-state index >= 15 is 0 Å². The van der Waals surface area contributed by atoms with E-state index in [0.717, 1.165) is 11.1 Å². The number of amides is 1. The Morgan fingerprint density at radius 1 is 1.11 bits per heavy atom. The van der Waals surface area contributed by atoms with Crippen molar-refractivity contribution >= 4 is 34.6 Å². The van der Waals surface area contributed by atoms with Gasteiger partial charge in [-0.1, -0.05) is 48.7 Å². The highest BCUT2D eigenvalue weighted by atomic mass is 32.2. The number of benzene rings is 3. The molecule has 4 aromatic rings. The zero-order valence-corrected chi connectivity index (χ0v) is 20.8. The molecule has 3 aromatic carbocycles. The van der Waals surface area contributed by atoms with Gasteiger partial charge in [0.25, 0.3) is 11.5 Å². The first kappa shape index (κ1) is 24.3. The molecule has 0 aliphatic carbocycles. The highest BCUT2D eigenvalue weighted by molar-refractivity contribution is 7.98. The van der Waals surface area contributed by atoms with Gasteiger partial charge < -0.3 is 10.1 Å². The van der Waals surface area contributed by atoms with Crippen LogP contribution in [0.3, 0.4) is 0 Å². The number of nitrogens with zero attached hydrogens (tertiary/aromatic N) is 2. The third-order valence-corrected chi connectivity index (χ3v) is 6.44. The zero-order chi connectivity index (χ0) is 24.9. The van der Waals surface area contributed by atoms with Crippen LogP contribution < -0.4 is 15.6 Å². The van der Waals surface area contributed by atoms with Gasteiger partial charge in [-0.05, 0) is 67.4 Å². The summed E-state index contributed by atoms with van der Waals surface area (Å²) in [4.78, 5) is 31.0. The summed E-state index contributed by atoms with van der Waals surface area (Å²) < 4.78 is 6.88. The Labute approximate surface area is 208 Å². The molecule has 0 saturated heterocycles. The molecule has 0 saturated carbocycles. The number of rotatable bonds is 8. The lowest BCUT2D eigenvalue weighted by molar-refractivity contribution is 0.0943. The second-order valence-corrected chi connectivity index (χ2v) is 9.27. The fraction of sp³-hybridized carbons (Fsp3) is 0.179. The minimum absolute atomic E-state index is 0.00724. The number of fused-ring (bicyclic) bond motifs is 1. The molecule has 1 N–H and O–H groups in total. The van der Waals surface area contributed by atoms with Gasteiger partial charge in [-0.15, -0.1) is 0 Å². The van der Waals surface area contributed by atoms with E-state index < -0.39 is 0 Å². The number of thioether (sulfide) groups is 1. The van der Waals surface area contributed by atoms with Crippen LogP contribution in [0.2, 0.25) is 0 Å². The maximum Gasteiger partial charge on any atom is 0.266 e. The van der Waals surface area contributed by atoms with Gasteiger partial charge in [0.05, 0.1) is 23.7 Å². The summed E-state index contributed by atoms with van der Waals surface area (Å²) in [6, 6.07) is 20.4. The second kappa shape index (κ2) is 10.6. The van der Waals surface area contributed by atoms with Gasteiger partial charge in [0.2, 0.25) is 0 Å². The number of nitrogens with one attached hydrogen (secondary N) is 1. The average Bonchev–Trinajstić information content (AvgIpc) is 2.87. The topological polar surface area (TPSA) is 73.2 Å². The van der Waals surface area contributed by atoms with Crippen LogP contribution in [0.1, 0.15) is 35.3 Å². The molecule has 0 aliphatic rings. The zero-order valence-electron chi connectivity index (χ0n) is 19.9. The predicted octanol–water partition coefficient (Wildman–Crippen LogP) is 5.47. The molecule has 178 valence electrons. The van der Waals surface area contributed by atoms with E-state index in [1.54, 1.807) is 36.0 Å². The molecular weight excluding hydrogens is 458 g/mol. The van der Waals surface area contributed by atoms with Crippen molar-refractivity contribution in [3.05, 3.63) is 100 Å². The van der Waals surface area contributed by atoms with E-state index in [-0.39, 0.29) is 17.5 Å². The summed E-state index contributed by atoms with van der Waals surface area (Å²) in [6.07, 6.45) is 1.80. The van der Waals surface area contributed by atoms with Crippen LogP contribution in [-0.2, 0) is 5.75 Å². The van der Waals surface area contributed by atoms with Gasteiger partial charge in [-0.3, -0.25) is 14.2 Å². The molecule has 0 unspecified atom stereocenters. The van der Waals surface area contributed by atoms with Crippen LogP contribution in [0, 0.1) is 0 Å². The molecule has 0 spiro atoms. The number of carbonyl (C=O) groups is 1. The molecule has 7 heteroatoms. The quantitative estimate of drug-likeness (QED) is 0.265. The van der Waals surface area contributed by atoms with Gasteiger partial charge in [0.1, 0.15) is 5.75 Å². The van der Waals surface area contributed by atoms with Gasteiger partial charge in [-0.2, -0.15) is 0 Å². The average molecular weight is 486 g/mol. The van der Waals surface area contributed by atoms with Crippen LogP contribution in [0.4, 0.5) is 0 Å². The van der Waals surface area contributed by atoms with E-state index in [0.29, 0.717) is 38.8 Å². The van der Waals surface area contributed by atoms with Crippen LogP contribution >= 0.6 is 11.8 Å². The fourth-order valence-corrected chi connectivity index (χ4v) is 4.57. The molecule has 0 radical (unpaired) electrons. The van der Waals surface area contributed by atoms with E-state index in [1.165, 1.54) is 11.8 Å². The molecule has 1 aromatic heterocycles. The number of carbonyl (C=O) groups excluding carboxylic acids is 1. The normalized spacial score (nSPS) is 11.0. The number of methoxy groups -OCH3 is 1. The minimum Gasteiger partial charge on any atom is -0.497 e. The lowest BCUT2D eigenvalue weighted by Crippen LogP contribution is -2.30. The molecule has 0 aliphatic heterocycles. The van der Waals surface area contributed by atoms with Crippen molar-refractivity contribution in [1.82, 2.24) is 14.9 Å². The van der Waals surface area contributed by atoms with Crippen molar-refractivity contribution in [2.24, 2.45) is 0 Å². The minimum atomic E-state index is -0.195. The SMILES string of the molecule is C=Cc1ccc(CSc2nc3cc(C(=O)NC(C)C)ccc3c(=O)n2-c2ccc(OC)cc2)cc1. The van der Waals surface area contributed by atoms with Gasteiger partial charge in [0.15, 0.2) is 5.16 Å². The molecule has 1 amide bonds. The van der Waals surface area contributed by atoms with E-state index in [4.69, 9.17) is 9.72 Å². The Kier molecular flexibility index (Phi) is 7.36. The molecule has 4 rings (SSSR count). The highest BCUT2D eigenvalue weighted by Gasteiger charge is 2.16. The van der Waals surface area contributed by atoms with E-state index in [1.807, 2.05) is 62.4 Å². The van der Waals surface area contributed by atoms with Crippen molar-refractivity contribution in [2.45, 2.75) is 30.8 Å². The number of hydrogen-bond donors (Lipinski definition) is 1. The van der Waals surface area contributed by atoms with E-state index in [9.17, 15) is 9.59 Å². The second-order valence-electron chi connectivity index (χ2n) is 8.33. The van der Waals surface area contributed by atoms with Crippen molar-refractivity contribution in [2.75, 3.05) is 7.11 Å². The van der Waals surface area contributed by atoms with Gasteiger partial charge in [0, 0.05) is 17.4 Å². The van der Waals surface area contributed by atoms with Gasteiger partial charge in [-0.25, -0.2) is 4.98 Å². The third kappa shape index (κ3) is 5.46. The van der Waals surface area contributed by atoms with Crippen molar-refractivity contribution in [3.63, 3.8) is 0 Å². The van der Waals surface area contributed by atoms with Crippen molar-refractivity contribution in [3.8, 4) is 11.4 Å². The molecule has 6 nitrogen and oxygen atoms in total. The molecule has 35 heavy (non-hydrogen) atoms. The maximum atomic E-state index is 13.6. The lowest BCUT2D eigenvalue weighted by atomic mass is 10.1. The van der Waals surface area contributed by atoms with Crippen molar-refractivity contribution < 1.29 is 9.53 Å². The van der Waals surface area contributed by atoms with Crippen LogP contribution in [0.5, 0.6) is 5.75 Å². The van der Waals surface area contributed by atoms with Crippen LogP contribution in [-0.4, -0.2) is 28.6 Å². The Morgan fingerprint density at radius 2 is 1.83 bits per heavy atom. The first-order chi connectivity index (χ1) is 16.9. The first-order valence-electron chi connectivity index (χ1n) is 11.3. The maximum absolute atomic E-state index is 13.6. The van der Waals surface area contributed by atoms with Crippen LogP contribution in [0.25, 0.3) is 22.7 Å². The Bertz CT molecular complexity index is 1430. The molecule has 0 bridgehead atoms. The Hall–Kier alpha value is -3.84. The smallest absolute Gasteiger partial charge is 0.266 e. The molecule has 0 atom stereocenters. The predicted molar refractivity (Wildman–Crippen MR) is 143 cm³/mol. The third-order valence-electron chi connectivity index (χ3n) is 5.43. The molecule has 1 heterocycles.